The zero-order chi connectivity index (χ0) is 21.8. The molecule has 2 fully saturated rings. The summed E-state index contributed by atoms with van der Waals surface area (Å²) in [6.45, 7) is 4.87. The molecule has 4 aliphatic carbocycles. The number of nitrogens with zero attached hydrogens (tertiary/aromatic N) is 5. The van der Waals surface area contributed by atoms with Crippen LogP contribution in [0.2, 0.25) is 0 Å². The van der Waals surface area contributed by atoms with E-state index in [1.807, 2.05) is 10.8 Å². The van der Waals surface area contributed by atoms with Crippen molar-refractivity contribution in [3.63, 3.8) is 0 Å². The number of carbonyl (C=O) groups excluding carboxylic acids is 1. The van der Waals surface area contributed by atoms with Crippen molar-refractivity contribution < 1.29 is 9.53 Å². The SMILES string of the molecule is COC(=O)c1cn(C2=CCC3C4CC=C5C[C@@H](N=[N+]=[N-])CC[C@]5(C)C4CC[C@]23C)cn1. The lowest BCUT2D eigenvalue weighted by Crippen LogP contribution is -2.49. The fourth-order valence-electron chi connectivity index (χ4n) is 7.42. The summed E-state index contributed by atoms with van der Waals surface area (Å²) >= 11 is 0. The first-order valence-electron chi connectivity index (χ1n) is 11.5. The quantitative estimate of drug-likeness (QED) is 0.204. The van der Waals surface area contributed by atoms with Crippen molar-refractivity contribution >= 4 is 11.7 Å². The first-order chi connectivity index (χ1) is 14.9. The predicted octanol–water partition coefficient (Wildman–Crippen LogP) is 5.76. The number of methoxy groups -OCH3 is 1. The van der Waals surface area contributed by atoms with Crippen LogP contribution in [0.3, 0.4) is 0 Å². The normalized spacial score (nSPS) is 38.7. The van der Waals surface area contributed by atoms with Crippen LogP contribution in [0.15, 0.2) is 35.4 Å². The zero-order valence-electron chi connectivity index (χ0n) is 18.6. The van der Waals surface area contributed by atoms with Gasteiger partial charge in [-0.15, -0.1) is 0 Å². The number of ether oxygens (including phenoxy) is 1. The molecular formula is C24H31N5O2. The van der Waals surface area contributed by atoms with E-state index in [1.54, 1.807) is 6.33 Å². The van der Waals surface area contributed by atoms with E-state index >= 15 is 0 Å². The van der Waals surface area contributed by atoms with Crippen LogP contribution in [-0.4, -0.2) is 28.7 Å². The molecule has 0 bridgehead atoms. The highest BCUT2D eigenvalue weighted by molar-refractivity contribution is 5.87. The maximum absolute atomic E-state index is 11.9. The maximum Gasteiger partial charge on any atom is 0.358 e. The number of rotatable bonds is 3. The highest BCUT2D eigenvalue weighted by atomic mass is 16.5. The van der Waals surface area contributed by atoms with E-state index in [1.165, 1.54) is 24.8 Å². The molecular weight excluding hydrogens is 390 g/mol. The fraction of sp³-hybridized carbons (Fsp3) is 0.667. The molecule has 0 amide bonds. The smallest absolute Gasteiger partial charge is 0.358 e. The number of azide groups is 1. The Kier molecular flexibility index (Phi) is 4.78. The first-order valence-corrected chi connectivity index (χ1v) is 11.5. The van der Waals surface area contributed by atoms with E-state index in [9.17, 15) is 4.79 Å². The average Bonchev–Trinajstić information content (AvgIpc) is 3.37. The second-order valence-corrected chi connectivity index (χ2v) is 10.3. The lowest BCUT2D eigenvalue weighted by molar-refractivity contribution is -0.0127. The van der Waals surface area contributed by atoms with Gasteiger partial charge < -0.3 is 9.30 Å². The summed E-state index contributed by atoms with van der Waals surface area (Å²) in [5, 5.41) is 4.03. The number of hydrogen-bond donors (Lipinski definition) is 0. The lowest BCUT2D eigenvalue weighted by atomic mass is 9.47. The zero-order valence-corrected chi connectivity index (χ0v) is 18.6. The van der Waals surface area contributed by atoms with Crippen LogP contribution >= 0.6 is 0 Å². The van der Waals surface area contributed by atoms with Crippen molar-refractivity contribution in [1.29, 1.82) is 0 Å². The van der Waals surface area contributed by atoms with Gasteiger partial charge in [0.25, 0.3) is 0 Å². The molecule has 1 heterocycles. The molecule has 0 aromatic carbocycles. The number of carbonyl (C=O) groups is 1. The third-order valence-corrected chi connectivity index (χ3v) is 9.09. The molecule has 1 aromatic heterocycles. The molecule has 5 rings (SSSR count). The van der Waals surface area contributed by atoms with Crippen molar-refractivity contribution in [2.24, 2.45) is 33.7 Å². The molecule has 164 valence electrons. The van der Waals surface area contributed by atoms with E-state index in [0.717, 1.165) is 38.5 Å². The minimum atomic E-state index is -0.392. The highest BCUT2D eigenvalue weighted by Gasteiger charge is 2.57. The summed E-state index contributed by atoms with van der Waals surface area (Å²) in [6.07, 6.45) is 16.1. The molecule has 0 aliphatic heterocycles. The van der Waals surface area contributed by atoms with Crippen molar-refractivity contribution in [3.05, 3.63) is 46.4 Å². The third kappa shape index (κ3) is 2.97. The number of aromatic nitrogens is 2. The molecule has 0 spiro atoms. The topological polar surface area (TPSA) is 92.9 Å². The second kappa shape index (κ2) is 7.27. The Morgan fingerprint density at radius 2 is 2.03 bits per heavy atom. The van der Waals surface area contributed by atoms with Crippen LogP contribution in [0.25, 0.3) is 16.1 Å². The van der Waals surface area contributed by atoms with Crippen LogP contribution in [-0.2, 0) is 4.74 Å². The van der Waals surface area contributed by atoms with Gasteiger partial charge in [0.05, 0.1) is 13.4 Å². The Hall–Kier alpha value is -2.53. The van der Waals surface area contributed by atoms with Crippen molar-refractivity contribution in [2.45, 2.75) is 64.8 Å². The van der Waals surface area contributed by atoms with Gasteiger partial charge >= 0.3 is 5.97 Å². The van der Waals surface area contributed by atoms with Gasteiger partial charge in [0.2, 0.25) is 0 Å². The number of allylic oxidation sites excluding steroid dienone is 3. The molecule has 0 saturated heterocycles. The molecule has 4 aliphatic rings. The van der Waals surface area contributed by atoms with Crippen LogP contribution in [0.1, 0.15) is 69.3 Å². The van der Waals surface area contributed by atoms with Crippen molar-refractivity contribution in [1.82, 2.24) is 9.55 Å². The molecule has 7 heteroatoms. The Balaban J connectivity index is 1.41. The number of fused-ring (bicyclic) bond motifs is 5. The van der Waals surface area contributed by atoms with Crippen molar-refractivity contribution in [3.8, 4) is 0 Å². The van der Waals surface area contributed by atoms with Gasteiger partial charge in [-0.05, 0) is 73.6 Å². The Morgan fingerprint density at radius 1 is 1.23 bits per heavy atom. The average molecular weight is 422 g/mol. The second-order valence-electron chi connectivity index (χ2n) is 10.3. The van der Waals surface area contributed by atoms with Gasteiger partial charge in [-0.3, -0.25) is 0 Å². The molecule has 3 unspecified atom stereocenters. The Labute approximate surface area is 183 Å². The maximum atomic E-state index is 11.9. The number of hydrogen-bond acceptors (Lipinski definition) is 4. The van der Waals surface area contributed by atoms with Gasteiger partial charge in [-0.2, -0.15) is 0 Å². The van der Waals surface area contributed by atoms with Crippen LogP contribution in [0.4, 0.5) is 0 Å². The summed E-state index contributed by atoms with van der Waals surface area (Å²) in [4.78, 5) is 19.2. The highest BCUT2D eigenvalue weighted by Crippen LogP contribution is 2.65. The minimum Gasteiger partial charge on any atom is -0.464 e. The molecule has 2 saturated carbocycles. The summed E-state index contributed by atoms with van der Waals surface area (Å²) in [5.74, 6) is 1.58. The largest absolute Gasteiger partial charge is 0.464 e. The van der Waals surface area contributed by atoms with Gasteiger partial charge in [-0.1, -0.05) is 36.7 Å². The summed E-state index contributed by atoms with van der Waals surface area (Å²) in [5.41, 5.74) is 12.4. The van der Waals surface area contributed by atoms with E-state index in [0.29, 0.717) is 23.4 Å². The molecule has 0 N–H and O–H groups in total. The Morgan fingerprint density at radius 3 is 2.81 bits per heavy atom. The summed E-state index contributed by atoms with van der Waals surface area (Å²) in [6, 6.07) is 0.125. The first kappa shape index (κ1) is 20.4. The van der Waals surface area contributed by atoms with Gasteiger partial charge in [0.15, 0.2) is 5.69 Å². The molecule has 0 radical (unpaired) electrons. The fourth-order valence-corrected chi connectivity index (χ4v) is 7.42. The van der Waals surface area contributed by atoms with E-state index in [4.69, 9.17) is 10.3 Å². The standard InChI is InChI=1S/C24H31N5O2/c1-23-10-8-16(27-28-25)12-15(23)4-5-17-18-6-7-21(24(18,2)11-9-19(17)23)29-13-20(26-14-29)22(30)31-3/h4,7,13-14,16-19H,5-6,8-12H2,1-3H3/t16-,17?,18?,19?,23-,24-/m0/s1. The van der Waals surface area contributed by atoms with Crippen LogP contribution in [0.5, 0.6) is 0 Å². The van der Waals surface area contributed by atoms with Gasteiger partial charge in [0, 0.05) is 28.3 Å². The molecule has 31 heavy (non-hydrogen) atoms. The van der Waals surface area contributed by atoms with E-state index in [2.05, 4.69) is 41.0 Å². The van der Waals surface area contributed by atoms with Crippen molar-refractivity contribution in [2.75, 3.05) is 7.11 Å². The van der Waals surface area contributed by atoms with E-state index in [-0.39, 0.29) is 16.9 Å². The molecule has 7 nitrogen and oxygen atoms in total. The number of imidazole rings is 1. The summed E-state index contributed by atoms with van der Waals surface area (Å²) in [7, 11) is 1.39. The third-order valence-electron chi connectivity index (χ3n) is 9.09. The monoisotopic (exact) mass is 421 g/mol. The predicted molar refractivity (Wildman–Crippen MR) is 118 cm³/mol. The summed E-state index contributed by atoms with van der Waals surface area (Å²) < 4.78 is 6.88. The number of esters is 1. The minimum absolute atomic E-state index is 0.0965. The molecule has 1 aromatic rings. The van der Waals surface area contributed by atoms with Crippen LogP contribution in [0, 0.1) is 28.6 Å². The lowest BCUT2D eigenvalue weighted by Gasteiger charge is -2.57. The van der Waals surface area contributed by atoms with Gasteiger partial charge in [0.1, 0.15) is 0 Å². The van der Waals surface area contributed by atoms with Crippen LogP contribution < -0.4 is 0 Å². The molecule has 6 atom stereocenters. The van der Waals surface area contributed by atoms with E-state index < -0.39 is 5.97 Å². The van der Waals surface area contributed by atoms with Gasteiger partial charge in [-0.25, -0.2) is 9.78 Å². The Bertz CT molecular complexity index is 1020.